The number of carbonyl (C=O) groups is 1. The zero-order chi connectivity index (χ0) is 23.1. The first-order valence-corrected chi connectivity index (χ1v) is 11.5. The Hall–Kier alpha value is -2.33. The fraction of sp³-hybridized carbons (Fsp3) is 0.519. The molecule has 0 radical (unpaired) electrons. The van der Waals surface area contributed by atoms with Crippen molar-refractivity contribution < 1.29 is 14.6 Å². The summed E-state index contributed by atoms with van der Waals surface area (Å²) in [6.07, 6.45) is 1.23. The van der Waals surface area contributed by atoms with Crippen molar-refractivity contribution in [2.24, 2.45) is 5.92 Å². The fourth-order valence-electron chi connectivity index (χ4n) is 4.27. The highest BCUT2D eigenvalue weighted by molar-refractivity contribution is 5.73. The molecule has 2 rings (SSSR count). The number of hydrogen-bond acceptors (Lipinski definition) is 4. The first kappa shape index (κ1) is 24.9. The lowest BCUT2D eigenvalue weighted by Crippen LogP contribution is -2.38. The minimum Gasteiger partial charge on any atom is -0.508 e. The molecule has 31 heavy (non-hydrogen) atoms. The Morgan fingerprint density at radius 3 is 2.13 bits per heavy atom. The molecule has 0 bridgehead atoms. The van der Waals surface area contributed by atoms with Gasteiger partial charge >= 0.3 is 5.97 Å². The van der Waals surface area contributed by atoms with Gasteiger partial charge in [-0.3, -0.25) is 9.69 Å². The number of rotatable bonds is 10. The molecule has 1 N–H and O–H groups in total. The summed E-state index contributed by atoms with van der Waals surface area (Å²) < 4.78 is 5.83. The Bertz CT molecular complexity index is 835. The molecule has 170 valence electrons. The van der Waals surface area contributed by atoms with Crippen molar-refractivity contribution in [2.75, 3.05) is 6.54 Å². The quantitative estimate of drug-likeness (QED) is 0.359. The number of phenols is 1. The van der Waals surface area contributed by atoms with Crippen molar-refractivity contribution in [1.82, 2.24) is 4.90 Å². The van der Waals surface area contributed by atoms with Crippen molar-refractivity contribution >= 4 is 5.97 Å². The summed E-state index contributed by atoms with van der Waals surface area (Å²) in [6, 6.07) is 14.5. The van der Waals surface area contributed by atoms with E-state index in [0.29, 0.717) is 24.3 Å². The van der Waals surface area contributed by atoms with E-state index >= 15 is 0 Å². The Labute approximate surface area is 188 Å². The number of nitrogens with zero attached hydrogens (tertiary/aromatic N) is 1. The van der Waals surface area contributed by atoms with Crippen LogP contribution in [0.25, 0.3) is 0 Å². The lowest BCUT2D eigenvalue weighted by Gasteiger charge is -2.33. The third-order valence-corrected chi connectivity index (χ3v) is 5.80. The molecule has 0 heterocycles. The Morgan fingerprint density at radius 2 is 1.58 bits per heavy atom. The highest BCUT2D eigenvalue weighted by Gasteiger charge is 2.25. The van der Waals surface area contributed by atoms with Crippen LogP contribution in [0.1, 0.15) is 77.0 Å². The molecule has 2 aromatic rings. The molecule has 0 amide bonds. The van der Waals surface area contributed by atoms with Crippen molar-refractivity contribution in [1.29, 1.82) is 0 Å². The van der Waals surface area contributed by atoms with Crippen molar-refractivity contribution in [3.63, 3.8) is 0 Å². The van der Waals surface area contributed by atoms with Crippen LogP contribution in [0.4, 0.5) is 0 Å². The summed E-state index contributed by atoms with van der Waals surface area (Å²) in [6.45, 7) is 15.7. The van der Waals surface area contributed by atoms with Crippen LogP contribution in [0.3, 0.4) is 0 Å². The summed E-state index contributed by atoms with van der Waals surface area (Å²) in [5.41, 5.74) is 2.82. The second-order valence-electron chi connectivity index (χ2n) is 9.37. The second kappa shape index (κ2) is 11.3. The normalized spacial score (nSPS) is 12.7. The minimum absolute atomic E-state index is 0.00940. The van der Waals surface area contributed by atoms with E-state index in [1.165, 1.54) is 0 Å². The van der Waals surface area contributed by atoms with Crippen LogP contribution in [0.2, 0.25) is 0 Å². The average molecular weight is 426 g/mol. The van der Waals surface area contributed by atoms with E-state index in [4.69, 9.17) is 4.74 Å². The van der Waals surface area contributed by atoms with Crippen molar-refractivity contribution in [2.45, 2.75) is 79.3 Å². The van der Waals surface area contributed by atoms with Crippen LogP contribution in [0.5, 0.6) is 11.5 Å². The van der Waals surface area contributed by atoms with E-state index in [0.717, 1.165) is 29.7 Å². The predicted molar refractivity (Wildman–Crippen MR) is 128 cm³/mol. The van der Waals surface area contributed by atoms with Gasteiger partial charge in [0, 0.05) is 30.0 Å². The molecule has 0 saturated carbocycles. The van der Waals surface area contributed by atoms with Crippen molar-refractivity contribution in [3.8, 4) is 11.5 Å². The fourth-order valence-corrected chi connectivity index (χ4v) is 4.27. The number of benzene rings is 2. The van der Waals surface area contributed by atoms with E-state index in [1.54, 1.807) is 12.1 Å². The van der Waals surface area contributed by atoms with Gasteiger partial charge in [0.15, 0.2) is 0 Å². The van der Waals surface area contributed by atoms with Crippen LogP contribution >= 0.6 is 0 Å². The summed E-state index contributed by atoms with van der Waals surface area (Å²) in [5.74, 6) is 0.777. The van der Waals surface area contributed by atoms with Gasteiger partial charge in [0.25, 0.3) is 0 Å². The maximum atomic E-state index is 12.5. The number of ether oxygens (including phenoxy) is 1. The molecule has 0 unspecified atom stereocenters. The third kappa shape index (κ3) is 6.83. The molecule has 1 atom stereocenters. The maximum absolute atomic E-state index is 12.5. The Kier molecular flexibility index (Phi) is 9.12. The molecule has 0 aliphatic rings. The van der Waals surface area contributed by atoms with Gasteiger partial charge in [-0.25, -0.2) is 0 Å². The summed E-state index contributed by atoms with van der Waals surface area (Å²) in [7, 11) is 0. The highest BCUT2D eigenvalue weighted by Crippen LogP contribution is 2.40. The first-order valence-electron chi connectivity index (χ1n) is 11.5. The molecule has 0 aliphatic heterocycles. The molecule has 0 spiro atoms. The molecule has 0 fully saturated rings. The van der Waals surface area contributed by atoms with E-state index in [1.807, 2.05) is 39.0 Å². The summed E-state index contributed by atoms with van der Waals surface area (Å²) in [4.78, 5) is 15.0. The van der Waals surface area contributed by atoms with Crippen LogP contribution < -0.4 is 4.74 Å². The van der Waals surface area contributed by atoms with Crippen LogP contribution in [0, 0.1) is 12.8 Å². The maximum Gasteiger partial charge on any atom is 0.311 e. The van der Waals surface area contributed by atoms with E-state index in [-0.39, 0.29) is 23.6 Å². The first-order chi connectivity index (χ1) is 14.6. The van der Waals surface area contributed by atoms with Gasteiger partial charge in [0.2, 0.25) is 0 Å². The van der Waals surface area contributed by atoms with Crippen LogP contribution in [-0.4, -0.2) is 34.6 Å². The lowest BCUT2D eigenvalue weighted by atomic mass is 9.84. The molecule has 0 aliphatic carbocycles. The number of carbonyl (C=O) groups excluding carboxylic acids is 1. The zero-order valence-corrected chi connectivity index (χ0v) is 20.2. The molecular weight excluding hydrogens is 386 g/mol. The Balaban J connectivity index is 2.49. The lowest BCUT2D eigenvalue weighted by molar-refractivity contribution is -0.135. The van der Waals surface area contributed by atoms with E-state index < -0.39 is 0 Å². The second-order valence-corrected chi connectivity index (χ2v) is 9.37. The average Bonchev–Trinajstić information content (AvgIpc) is 2.68. The minimum atomic E-state index is -0.237. The van der Waals surface area contributed by atoms with E-state index in [9.17, 15) is 9.90 Å². The third-order valence-electron chi connectivity index (χ3n) is 5.80. The topological polar surface area (TPSA) is 49.8 Å². The van der Waals surface area contributed by atoms with Gasteiger partial charge in [-0.1, -0.05) is 44.2 Å². The van der Waals surface area contributed by atoms with Gasteiger partial charge in [-0.2, -0.15) is 0 Å². The molecule has 0 saturated heterocycles. The summed E-state index contributed by atoms with van der Waals surface area (Å²) in [5, 5.41) is 10.5. The molecular formula is C27H39NO3. The molecule has 0 aromatic heterocycles. The Morgan fingerprint density at radius 1 is 0.968 bits per heavy atom. The van der Waals surface area contributed by atoms with Gasteiger partial charge in [-0.15, -0.1) is 0 Å². The van der Waals surface area contributed by atoms with Crippen molar-refractivity contribution in [3.05, 3.63) is 59.2 Å². The predicted octanol–water partition coefficient (Wildman–Crippen LogP) is 6.29. The van der Waals surface area contributed by atoms with Crippen LogP contribution in [0.15, 0.2) is 42.5 Å². The molecule has 4 nitrogen and oxygen atoms in total. The monoisotopic (exact) mass is 425 g/mol. The van der Waals surface area contributed by atoms with Gasteiger partial charge < -0.3 is 9.84 Å². The number of aromatic hydroxyl groups is 1. The van der Waals surface area contributed by atoms with Gasteiger partial charge in [-0.05, 0) is 76.8 Å². The molecule has 2 aromatic carbocycles. The standard InChI is InChI=1S/C27H39NO3/c1-18(2)17-26(30)31-25-14-13-24(29)21(7)27(25)23(22-11-9-8-10-12-22)15-16-28(19(3)4)20(5)6/h8-14,18-20,23,29H,15-17H2,1-7H3/t23-/m1/s1. The van der Waals surface area contributed by atoms with E-state index in [2.05, 4.69) is 44.7 Å². The number of esters is 1. The summed E-state index contributed by atoms with van der Waals surface area (Å²) >= 11 is 0. The number of hydrogen-bond donors (Lipinski definition) is 1. The zero-order valence-electron chi connectivity index (χ0n) is 20.2. The smallest absolute Gasteiger partial charge is 0.311 e. The molecule has 4 heteroatoms. The van der Waals surface area contributed by atoms with Gasteiger partial charge in [0.1, 0.15) is 11.5 Å². The largest absolute Gasteiger partial charge is 0.508 e. The van der Waals surface area contributed by atoms with Gasteiger partial charge in [0.05, 0.1) is 0 Å². The van der Waals surface area contributed by atoms with Crippen LogP contribution in [-0.2, 0) is 4.79 Å². The SMILES string of the molecule is Cc1c(O)ccc(OC(=O)CC(C)C)c1[C@H](CCN(C(C)C)C(C)C)c1ccccc1. The number of phenolic OH excluding ortho intramolecular Hbond substituents is 1. The highest BCUT2D eigenvalue weighted by atomic mass is 16.5.